The van der Waals surface area contributed by atoms with Crippen molar-refractivity contribution in [1.29, 1.82) is 0 Å². The predicted octanol–water partition coefficient (Wildman–Crippen LogP) is 2.72. The number of likely N-dealkylation sites (N-methyl/N-ethyl adjacent to an activating group) is 1. The topological polar surface area (TPSA) is 58.4 Å². The van der Waals surface area contributed by atoms with Gasteiger partial charge < -0.3 is 11.1 Å². The number of hydrogen-bond acceptors (Lipinski definition) is 3. The SMILES string of the molecule is CC(C)C(N)CCN(C)CC(=O)Nc1ccc(F)c(Cl)c1. The first-order valence-corrected chi connectivity index (χ1v) is 7.36. The van der Waals surface area contributed by atoms with E-state index in [1.165, 1.54) is 18.2 Å². The van der Waals surface area contributed by atoms with Gasteiger partial charge in [-0.3, -0.25) is 9.69 Å². The zero-order valence-electron chi connectivity index (χ0n) is 12.7. The lowest BCUT2D eigenvalue weighted by atomic mass is 10.0. The number of nitrogens with two attached hydrogens (primary N) is 1. The number of nitrogens with one attached hydrogen (secondary N) is 1. The van der Waals surface area contributed by atoms with Crippen molar-refractivity contribution in [3.05, 3.63) is 29.0 Å². The lowest BCUT2D eigenvalue weighted by molar-refractivity contribution is -0.117. The van der Waals surface area contributed by atoms with E-state index in [0.29, 0.717) is 11.6 Å². The van der Waals surface area contributed by atoms with E-state index < -0.39 is 5.82 Å². The third kappa shape index (κ3) is 6.42. The van der Waals surface area contributed by atoms with Gasteiger partial charge in [0, 0.05) is 11.7 Å². The van der Waals surface area contributed by atoms with E-state index in [2.05, 4.69) is 19.2 Å². The molecule has 118 valence electrons. The molecule has 0 aliphatic carbocycles. The van der Waals surface area contributed by atoms with E-state index in [0.717, 1.165) is 13.0 Å². The van der Waals surface area contributed by atoms with Gasteiger partial charge in [0.25, 0.3) is 0 Å². The molecular formula is C15H23ClFN3O. The van der Waals surface area contributed by atoms with E-state index in [1.54, 1.807) is 0 Å². The second kappa shape index (κ2) is 8.32. The third-order valence-corrected chi connectivity index (χ3v) is 3.61. The van der Waals surface area contributed by atoms with Gasteiger partial charge in [0.2, 0.25) is 5.91 Å². The molecule has 0 radical (unpaired) electrons. The van der Waals surface area contributed by atoms with Crippen LogP contribution in [0.2, 0.25) is 5.02 Å². The summed E-state index contributed by atoms with van der Waals surface area (Å²) in [6.45, 7) is 5.15. The fraction of sp³-hybridized carbons (Fsp3) is 0.533. The highest BCUT2D eigenvalue weighted by Crippen LogP contribution is 2.19. The normalized spacial score (nSPS) is 12.8. The summed E-state index contributed by atoms with van der Waals surface area (Å²) >= 11 is 5.67. The standard InChI is InChI=1S/C15H23ClFN3O/c1-10(2)14(18)6-7-20(3)9-15(21)19-11-4-5-13(17)12(16)8-11/h4-5,8,10,14H,6-7,9,18H2,1-3H3,(H,19,21). The minimum absolute atomic E-state index is 0.0101. The Morgan fingerprint density at radius 1 is 1.48 bits per heavy atom. The first-order chi connectivity index (χ1) is 9.79. The minimum Gasteiger partial charge on any atom is -0.327 e. The summed E-state index contributed by atoms with van der Waals surface area (Å²) in [7, 11) is 1.87. The molecular weight excluding hydrogens is 293 g/mol. The van der Waals surface area contributed by atoms with E-state index in [1.807, 2.05) is 11.9 Å². The van der Waals surface area contributed by atoms with E-state index >= 15 is 0 Å². The Hall–Kier alpha value is -1.17. The summed E-state index contributed by atoms with van der Waals surface area (Å²) in [5.41, 5.74) is 6.46. The average Bonchev–Trinajstić information content (AvgIpc) is 2.40. The van der Waals surface area contributed by atoms with Crippen LogP contribution in [-0.4, -0.2) is 37.0 Å². The molecule has 3 N–H and O–H groups in total. The Balaban J connectivity index is 2.40. The first-order valence-electron chi connectivity index (χ1n) is 6.98. The van der Waals surface area contributed by atoms with Crippen LogP contribution in [0.25, 0.3) is 0 Å². The van der Waals surface area contributed by atoms with Gasteiger partial charge in [-0.15, -0.1) is 0 Å². The Morgan fingerprint density at radius 2 is 2.14 bits per heavy atom. The van der Waals surface area contributed by atoms with Gasteiger partial charge in [0.1, 0.15) is 5.82 Å². The maximum Gasteiger partial charge on any atom is 0.238 e. The van der Waals surface area contributed by atoms with Gasteiger partial charge in [-0.25, -0.2) is 4.39 Å². The number of amides is 1. The highest BCUT2D eigenvalue weighted by molar-refractivity contribution is 6.31. The van der Waals surface area contributed by atoms with Gasteiger partial charge in [-0.1, -0.05) is 25.4 Å². The molecule has 0 heterocycles. The quantitative estimate of drug-likeness (QED) is 0.813. The highest BCUT2D eigenvalue weighted by atomic mass is 35.5. The number of benzene rings is 1. The third-order valence-electron chi connectivity index (χ3n) is 3.32. The van der Waals surface area contributed by atoms with E-state index in [4.69, 9.17) is 17.3 Å². The number of rotatable bonds is 7. The fourth-order valence-electron chi connectivity index (χ4n) is 1.80. The number of carbonyl (C=O) groups is 1. The number of nitrogens with zero attached hydrogens (tertiary/aromatic N) is 1. The molecule has 0 saturated heterocycles. The Bertz CT molecular complexity index is 482. The molecule has 0 aliphatic rings. The summed E-state index contributed by atoms with van der Waals surface area (Å²) in [6, 6.07) is 4.23. The van der Waals surface area contributed by atoms with Crippen LogP contribution in [0.1, 0.15) is 20.3 Å². The van der Waals surface area contributed by atoms with Gasteiger partial charge in [0.15, 0.2) is 0 Å². The van der Waals surface area contributed by atoms with Gasteiger partial charge in [-0.2, -0.15) is 0 Å². The molecule has 0 aliphatic heterocycles. The molecule has 1 aromatic rings. The minimum atomic E-state index is -0.505. The van der Waals surface area contributed by atoms with Crippen molar-refractivity contribution in [2.75, 3.05) is 25.5 Å². The monoisotopic (exact) mass is 315 g/mol. The van der Waals surface area contributed by atoms with Crippen molar-refractivity contribution < 1.29 is 9.18 Å². The molecule has 1 rings (SSSR count). The molecule has 0 saturated carbocycles. The average molecular weight is 316 g/mol. The van der Waals surface area contributed by atoms with Crippen molar-refractivity contribution in [3.8, 4) is 0 Å². The van der Waals surface area contributed by atoms with Gasteiger partial charge in [-0.05, 0) is 44.1 Å². The molecule has 0 fully saturated rings. The first kappa shape index (κ1) is 17.9. The van der Waals surface area contributed by atoms with Crippen molar-refractivity contribution in [2.45, 2.75) is 26.3 Å². The van der Waals surface area contributed by atoms with Crippen molar-refractivity contribution >= 4 is 23.2 Å². The Kier molecular flexibility index (Phi) is 7.08. The Labute approximate surface area is 130 Å². The lowest BCUT2D eigenvalue weighted by Gasteiger charge is -2.21. The van der Waals surface area contributed by atoms with Crippen molar-refractivity contribution in [2.24, 2.45) is 11.7 Å². The summed E-state index contributed by atoms with van der Waals surface area (Å²) in [5, 5.41) is 2.68. The smallest absolute Gasteiger partial charge is 0.238 e. The maximum absolute atomic E-state index is 13.0. The molecule has 0 aromatic heterocycles. The molecule has 1 unspecified atom stereocenters. The number of carbonyl (C=O) groups excluding carboxylic acids is 1. The van der Waals surface area contributed by atoms with E-state index in [-0.39, 0.29) is 23.5 Å². The van der Waals surface area contributed by atoms with Crippen LogP contribution in [0, 0.1) is 11.7 Å². The summed E-state index contributed by atoms with van der Waals surface area (Å²) in [5.74, 6) is -0.249. The number of halogens is 2. The number of anilines is 1. The van der Waals surface area contributed by atoms with Crippen LogP contribution in [0.3, 0.4) is 0 Å². The van der Waals surface area contributed by atoms with Crippen LogP contribution < -0.4 is 11.1 Å². The van der Waals surface area contributed by atoms with Crippen LogP contribution in [0.4, 0.5) is 10.1 Å². The molecule has 4 nitrogen and oxygen atoms in total. The zero-order chi connectivity index (χ0) is 16.0. The highest BCUT2D eigenvalue weighted by Gasteiger charge is 2.11. The zero-order valence-corrected chi connectivity index (χ0v) is 13.5. The summed E-state index contributed by atoms with van der Waals surface area (Å²) < 4.78 is 13.0. The molecule has 0 bridgehead atoms. The van der Waals surface area contributed by atoms with Crippen molar-refractivity contribution in [3.63, 3.8) is 0 Å². The largest absolute Gasteiger partial charge is 0.327 e. The van der Waals surface area contributed by atoms with Crippen molar-refractivity contribution in [1.82, 2.24) is 4.90 Å². The van der Waals surface area contributed by atoms with Crippen LogP contribution in [0.15, 0.2) is 18.2 Å². The molecule has 1 amide bonds. The van der Waals surface area contributed by atoms with Gasteiger partial charge in [0.05, 0.1) is 11.6 Å². The molecule has 21 heavy (non-hydrogen) atoms. The van der Waals surface area contributed by atoms with Crippen LogP contribution >= 0.6 is 11.6 Å². The molecule has 6 heteroatoms. The van der Waals surface area contributed by atoms with Crippen LogP contribution in [-0.2, 0) is 4.79 Å². The second-order valence-electron chi connectivity index (χ2n) is 5.61. The Morgan fingerprint density at radius 3 is 2.71 bits per heavy atom. The fourth-order valence-corrected chi connectivity index (χ4v) is 1.98. The maximum atomic E-state index is 13.0. The van der Waals surface area contributed by atoms with E-state index in [9.17, 15) is 9.18 Å². The van der Waals surface area contributed by atoms with Gasteiger partial charge >= 0.3 is 0 Å². The number of hydrogen-bond donors (Lipinski definition) is 2. The molecule has 0 spiro atoms. The predicted molar refractivity (Wildman–Crippen MR) is 85.0 cm³/mol. The lowest BCUT2D eigenvalue weighted by Crippen LogP contribution is -2.35. The van der Waals surface area contributed by atoms with Crippen LogP contribution in [0.5, 0.6) is 0 Å². The molecule has 1 aromatic carbocycles. The molecule has 1 atom stereocenters. The summed E-state index contributed by atoms with van der Waals surface area (Å²) in [4.78, 5) is 13.8. The second-order valence-corrected chi connectivity index (χ2v) is 6.02. The summed E-state index contributed by atoms with van der Waals surface area (Å²) in [6.07, 6.45) is 0.837.